The first-order chi connectivity index (χ1) is 9.70. The Labute approximate surface area is 122 Å². The van der Waals surface area contributed by atoms with Gasteiger partial charge in [-0.2, -0.15) is 0 Å². The van der Waals surface area contributed by atoms with Gasteiger partial charge in [0.05, 0.1) is 12.9 Å². The number of amides is 2. The average Bonchev–Trinajstić information content (AvgIpc) is 2.83. The van der Waals surface area contributed by atoms with Gasteiger partial charge in [0.1, 0.15) is 0 Å². The van der Waals surface area contributed by atoms with Crippen molar-refractivity contribution >= 4 is 17.8 Å². The van der Waals surface area contributed by atoms with Gasteiger partial charge in [0, 0.05) is 24.7 Å². The van der Waals surface area contributed by atoms with E-state index in [1.54, 1.807) is 25.3 Å². The molecule has 0 saturated heterocycles. The van der Waals surface area contributed by atoms with E-state index in [0.717, 1.165) is 0 Å². The molecule has 0 atom stereocenters. The maximum Gasteiger partial charge on any atom is 0.356 e. The SMILES string of the molecule is CC(C)(C)C(=O)NCC(=O)NCCn1cnc(C(=O)O)c1. The molecule has 1 heterocycles. The zero-order valence-electron chi connectivity index (χ0n) is 12.3. The van der Waals surface area contributed by atoms with Gasteiger partial charge in [-0.15, -0.1) is 0 Å². The highest BCUT2D eigenvalue weighted by atomic mass is 16.4. The molecule has 0 aliphatic carbocycles. The van der Waals surface area contributed by atoms with E-state index in [1.165, 1.54) is 12.5 Å². The number of aromatic nitrogens is 2. The molecule has 0 unspecified atom stereocenters. The third-order valence-corrected chi connectivity index (χ3v) is 2.64. The maximum atomic E-state index is 11.6. The van der Waals surface area contributed by atoms with Gasteiger partial charge < -0.3 is 20.3 Å². The molecule has 3 N–H and O–H groups in total. The third kappa shape index (κ3) is 5.64. The number of hydrogen-bond donors (Lipinski definition) is 3. The second-order valence-corrected chi connectivity index (χ2v) is 5.58. The van der Waals surface area contributed by atoms with Crippen molar-refractivity contribution < 1.29 is 19.5 Å². The molecule has 8 heteroatoms. The van der Waals surface area contributed by atoms with Crippen LogP contribution in [-0.4, -0.2) is 45.5 Å². The van der Waals surface area contributed by atoms with Crippen molar-refractivity contribution in [2.24, 2.45) is 5.41 Å². The summed E-state index contributed by atoms with van der Waals surface area (Å²) in [7, 11) is 0. The summed E-state index contributed by atoms with van der Waals surface area (Å²) in [4.78, 5) is 37.4. The molecule has 0 saturated carbocycles. The van der Waals surface area contributed by atoms with Gasteiger partial charge in [-0.1, -0.05) is 20.8 Å². The number of hydrogen-bond acceptors (Lipinski definition) is 4. The normalized spacial score (nSPS) is 11.0. The fraction of sp³-hybridized carbons (Fsp3) is 0.538. The zero-order valence-corrected chi connectivity index (χ0v) is 12.3. The quantitative estimate of drug-likeness (QED) is 0.676. The molecule has 0 aliphatic heterocycles. The van der Waals surface area contributed by atoms with Crippen LogP contribution in [0, 0.1) is 5.41 Å². The van der Waals surface area contributed by atoms with Crippen molar-refractivity contribution in [3.8, 4) is 0 Å². The molecule has 0 aliphatic rings. The van der Waals surface area contributed by atoms with Gasteiger partial charge in [-0.25, -0.2) is 9.78 Å². The monoisotopic (exact) mass is 296 g/mol. The third-order valence-electron chi connectivity index (χ3n) is 2.64. The molecule has 0 fully saturated rings. The van der Waals surface area contributed by atoms with E-state index in [4.69, 9.17) is 5.11 Å². The second-order valence-electron chi connectivity index (χ2n) is 5.58. The van der Waals surface area contributed by atoms with Crippen molar-refractivity contribution in [2.75, 3.05) is 13.1 Å². The topological polar surface area (TPSA) is 113 Å². The van der Waals surface area contributed by atoms with Gasteiger partial charge in [0.25, 0.3) is 0 Å². The van der Waals surface area contributed by atoms with Crippen LogP contribution in [0.25, 0.3) is 0 Å². The predicted octanol–water partition coefficient (Wildman–Crippen LogP) is -0.140. The Bertz CT molecular complexity index is 531. The summed E-state index contributed by atoms with van der Waals surface area (Å²) in [6.45, 7) is 5.93. The smallest absolute Gasteiger partial charge is 0.356 e. The first-order valence-electron chi connectivity index (χ1n) is 6.50. The molecule has 1 rings (SSSR count). The van der Waals surface area contributed by atoms with E-state index in [9.17, 15) is 14.4 Å². The van der Waals surface area contributed by atoms with Gasteiger partial charge in [0.2, 0.25) is 11.8 Å². The van der Waals surface area contributed by atoms with Crippen molar-refractivity contribution in [1.82, 2.24) is 20.2 Å². The van der Waals surface area contributed by atoms with Crippen molar-refractivity contribution in [3.05, 3.63) is 18.2 Å². The fourth-order valence-electron chi connectivity index (χ4n) is 1.41. The highest BCUT2D eigenvalue weighted by molar-refractivity contribution is 5.87. The fourth-order valence-corrected chi connectivity index (χ4v) is 1.41. The summed E-state index contributed by atoms with van der Waals surface area (Å²) in [5.41, 5.74) is -0.580. The Kier molecular flexibility index (Phi) is 5.45. The highest BCUT2D eigenvalue weighted by Gasteiger charge is 2.21. The standard InChI is InChI=1S/C13H20N4O4/c1-13(2,3)12(21)15-6-10(18)14-4-5-17-7-9(11(19)20)16-8-17/h7-8H,4-6H2,1-3H3,(H,14,18)(H,15,21)(H,19,20). The number of carboxylic acids is 1. The van der Waals surface area contributed by atoms with E-state index in [2.05, 4.69) is 15.6 Å². The lowest BCUT2D eigenvalue weighted by Crippen LogP contribution is -2.42. The molecule has 0 spiro atoms. The first kappa shape index (κ1) is 16.7. The van der Waals surface area contributed by atoms with Crippen LogP contribution in [0.5, 0.6) is 0 Å². The molecule has 0 radical (unpaired) electrons. The Balaban J connectivity index is 2.27. The molecule has 1 aromatic heterocycles. The van der Waals surface area contributed by atoms with Crippen LogP contribution >= 0.6 is 0 Å². The molecule has 0 bridgehead atoms. The number of nitrogens with one attached hydrogen (secondary N) is 2. The van der Waals surface area contributed by atoms with Crippen LogP contribution in [-0.2, 0) is 16.1 Å². The largest absolute Gasteiger partial charge is 0.476 e. The summed E-state index contributed by atoms with van der Waals surface area (Å²) in [6.07, 6.45) is 2.77. The van der Waals surface area contributed by atoms with Gasteiger partial charge in [-0.3, -0.25) is 9.59 Å². The lowest BCUT2D eigenvalue weighted by Gasteiger charge is -2.17. The molecule has 21 heavy (non-hydrogen) atoms. The lowest BCUT2D eigenvalue weighted by molar-refractivity contribution is -0.131. The highest BCUT2D eigenvalue weighted by Crippen LogP contribution is 2.11. The van der Waals surface area contributed by atoms with Crippen molar-refractivity contribution in [2.45, 2.75) is 27.3 Å². The van der Waals surface area contributed by atoms with Gasteiger partial charge in [-0.05, 0) is 0 Å². The molecule has 0 aromatic carbocycles. The minimum absolute atomic E-state index is 0.0428. The van der Waals surface area contributed by atoms with Crippen LogP contribution in [0.3, 0.4) is 0 Å². The van der Waals surface area contributed by atoms with Crippen molar-refractivity contribution in [3.63, 3.8) is 0 Å². The first-order valence-corrected chi connectivity index (χ1v) is 6.50. The molecular weight excluding hydrogens is 276 g/mol. The summed E-state index contributed by atoms with van der Waals surface area (Å²) in [5, 5.41) is 13.9. The number of nitrogens with zero attached hydrogens (tertiary/aromatic N) is 2. The summed E-state index contributed by atoms with van der Waals surface area (Å²) in [6, 6.07) is 0. The molecule has 116 valence electrons. The minimum Gasteiger partial charge on any atom is -0.476 e. The van der Waals surface area contributed by atoms with Crippen LogP contribution in [0.4, 0.5) is 0 Å². The molecular formula is C13H20N4O4. The predicted molar refractivity (Wildman–Crippen MR) is 74.7 cm³/mol. The Morgan fingerprint density at radius 1 is 1.29 bits per heavy atom. The van der Waals surface area contributed by atoms with E-state index in [-0.39, 0.29) is 24.1 Å². The maximum absolute atomic E-state index is 11.6. The van der Waals surface area contributed by atoms with E-state index >= 15 is 0 Å². The van der Waals surface area contributed by atoms with Gasteiger partial charge >= 0.3 is 5.97 Å². The molecule has 2 amide bonds. The van der Waals surface area contributed by atoms with Crippen LogP contribution in [0.2, 0.25) is 0 Å². The number of carboxylic acid groups (broad SMARTS) is 1. The summed E-state index contributed by atoms with van der Waals surface area (Å²) < 4.78 is 1.57. The van der Waals surface area contributed by atoms with Crippen LogP contribution in [0.15, 0.2) is 12.5 Å². The molecule has 8 nitrogen and oxygen atoms in total. The van der Waals surface area contributed by atoms with E-state index < -0.39 is 11.4 Å². The minimum atomic E-state index is -1.09. The van der Waals surface area contributed by atoms with Crippen LogP contribution < -0.4 is 10.6 Å². The number of carbonyl (C=O) groups is 3. The van der Waals surface area contributed by atoms with E-state index in [1.807, 2.05) is 0 Å². The van der Waals surface area contributed by atoms with Crippen molar-refractivity contribution in [1.29, 1.82) is 0 Å². The zero-order chi connectivity index (χ0) is 16.0. The van der Waals surface area contributed by atoms with E-state index in [0.29, 0.717) is 13.1 Å². The average molecular weight is 296 g/mol. The lowest BCUT2D eigenvalue weighted by atomic mass is 9.96. The number of carbonyl (C=O) groups excluding carboxylic acids is 2. The molecule has 1 aromatic rings. The number of imidazole rings is 1. The Hall–Kier alpha value is -2.38. The Morgan fingerprint density at radius 3 is 2.48 bits per heavy atom. The Morgan fingerprint density at radius 2 is 1.95 bits per heavy atom. The van der Waals surface area contributed by atoms with Crippen LogP contribution in [0.1, 0.15) is 31.3 Å². The second kappa shape index (κ2) is 6.87. The number of aromatic carboxylic acids is 1. The summed E-state index contributed by atoms with van der Waals surface area (Å²) in [5.74, 6) is -1.59. The number of rotatable bonds is 6. The van der Waals surface area contributed by atoms with Gasteiger partial charge in [0.15, 0.2) is 5.69 Å². The summed E-state index contributed by atoms with van der Waals surface area (Å²) >= 11 is 0.